The molecule has 6 nitrogen and oxygen atoms in total. The molecule has 3 heterocycles. The molecular formula is C23H30N4O2S. The maximum Gasteiger partial charge on any atom is 0.225 e. The Kier molecular flexibility index (Phi) is 6.29. The summed E-state index contributed by atoms with van der Waals surface area (Å²) >= 11 is 1.46. The van der Waals surface area contributed by atoms with Crippen molar-refractivity contribution < 1.29 is 9.59 Å². The standard InChI is InChI=1S/C23H30N4O2S/c1-15(2)23(29)26-10-8-19(9-11-26)27(18-4-5-18)14-17-12-25-20(13-24-17)22-7-6-21(30-22)16(3)28/h6-7,12-13,15,18-19H,4-5,8-11,14H2,1-3H3. The van der Waals surface area contributed by atoms with E-state index in [1.165, 1.54) is 24.2 Å². The van der Waals surface area contributed by atoms with Gasteiger partial charge in [-0.25, -0.2) is 0 Å². The summed E-state index contributed by atoms with van der Waals surface area (Å²) in [6.07, 6.45) is 8.25. The molecule has 2 aromatic heterocycles. The number of carbonyl (C=O) groups excluding carboxylic acids is 2. The van der Waals surface area contributed by atoms with Crippen molar-refractivity contribution in [3.05, 3.63) is 35.1 Å². The Morgan fingerprint density at radius 1 is 1.10 bits per heavy atom. The zero-order valence-electron chi connectivity index (χ0n) is 18.0. The van der Waals surface area contributed by atoms with E-state index in [1.54, 1.807) is 6.92 Å². The molecule has 0 bridgehead atoms. The van der Waals surface area contributed by atoms with Crippen LogP contribution in [0.25, 0.3) is 10.6 Å². The highest BCUT2D eigenvalue weighted by Gasteiger charge is 2.36. The summed E-state index contributed by atoms with van der Waals surface area (Å²) in [6.45, 7) is 8.05. The molecular weight excluding hydrogens is 396 g/mol. The predicted molar refractivity (Wildman–Crippen MR) is 118 cm³/mol. The third-order valence-corrected chi connectivity index (χ3v) is 7.22. The van der Waals surface area contributed by atoms with Crippen molar-refractivity contribution in [2.45, 2.75) is 65.1 Å². The minimum absolute atomic E-state index is 0.0738. The van der Waals surface area contributed by atoms with Crippen molar-refractivity contribution in [2.75, 3.05) is 13.1 Å². The van der Waals surface area contributed by atoms with Gasteiger partial charge in [-0.1, -0.05) is 13.8 Å². The van der Waals surface area contributed by atoms with E-state index in [2.05, 4.69) is 14.9 Å². The van der Waals surface area contributed by atoms with Gasteiger partial charge in [-0.05, 0) is 44.7 Å². The van der Waals surface area contributed by atoms with Gasteiger partial charge >= 0.3 is 0 Å². The van der Waals surface area contributed by atoms with Crippen LogP contribution in [0.5, 0.6) is 0 Å². The van der Waals surface area contributed by atoms with Gasteiger partial charge < -0.3 is 4.90 Å². The van der Waals surface area contributed by atoms with Gasteiger partial charge in [0, 0.05) is 37.6 Å². The molecule has 1 saturated heterocycles. The lowest BCUT2D eigenvalue weighted by Crippen LogP contribution is -2.48. The van der Waals surface area contributed by atoms with Crippen molar-refractivity contribution in [2.24, 2.45) is 5.92 Å². The number of likely N-dealkylation sites (tertiary alicyclic amines) is 1. The number of hydrogen-bond donors (Lipinski definition) is 0. The smallest absolute Gasteiger partial charge is 0.225 e. The zero-order valence-corrected chi connectivity index (χ0v) is 18.8. The van der Waals surface area contributed by atoms with Gasteiger partial charge in [-0.15, -0.1) is 11.3 Å². The molecule has 2 aliphatic rings. The average molecular weight is 427 g/mol. The van der Waals surface area contributed by atoms with Crippen LogP contribution in [0.4, 0.5) is 0 Å². The molecule has 7 heteroatoms. The summed E-state index contributed by atoms with van der Waals surface area (Å²) in [5.74, 6) is 0.427. The van der Waals surface area contributed by atoms with Crippen molar-refractivity contribution >= 4 is 23.0 Å². The third kappa shape index (κ3) is 4.78. The monoisotopic (exact) mass is 426 g/mol. The Balaban J connectivity index is 1.39. The van der Waals surface area contributed by atoms with E-state index >= 15 is 0 Å². The topological polar surface area (TPSA) is 66.4 Å². The molecule has 4 rings (SSSR count). The SMILES string of the molecule is CC(=O)c1ccc(-c2cnc(CN(C3CC3)C3CCN(C(=O)C(C)C)CC3)cn2)s1. The van der Waals surface area contributed by atoms with Crippen LogP contribution in [0.3, 0.4) is 0 Å². The fourth-order valence-corrected chi connectivity index (χ4v) is 5.02. The number of hydrogen-bond acceptors (Lipinski definition) is 6. The molecule has 0 unspecified atom stereocenters. The second-order valence-electron chi connectivity index (χ2n) is 8.73. The number of aromatic nitrogens is 2. The van der Waals surface area contributed by atoms with Gasteiger partial charge in [0.1, 0.15) is 0 Å². The summed E-state index contributed by atoms with van der Waals surface area (Å²) in [5.41, 5.74) is 1.80. The first-order valence-electron chi connectivity index (χ1n) is 10.9. The zero-order chi connectivity index (χ0) is 21.3. The molecule has 160 valence electrons. The minimum atomic E-state index is 0.0738. The Morgan fingerprint density at radius 3 is 2.33 bits per heavy atom. The number of ketones is 1. The van der Waals surface area contributed by atoms with E-state index in [0.717, 1.165) is 53.6 Å². The maximum atomic E-state index is 12.3. The van der Waals surface area contributed by atoms with Gasteiger partial charge in [-0.3, -0.25) is 24.5 Å². The lowest BCUT2D eigenvalue weighted by molar-refractivity contribution is -0.136. The van der Waals surface area contributed by atoms with Gasteiger partial charge in [0.25, 0.3) is 0 Å². The van der Waals surface area contributed by atoms with E-state index in [9.17, 15) is 9.59 Å². The molecule has 2 aromatic rings. The number of piperidine rings is 1. The number of thiophene rings is 1. The Morgan fingerprint density at radius 2 is 1.80 bits per heavy atom. The quantitative estimate of drug-likeness (QED) is 0.626. The van der Waals surface area contributed by atoms with E-state index in [-0.39, 0.29) is 17.6 Å². The summed E-state index contributed by atoms with van der Waals surface area (Å²) < 4.78 is 0. The van der Waals surface area contributed by atoms with E-state index in [1.807, 2.05) is 43.3 Å². The van der Waals surface area contributed by atoms with Crippen LogP contribution >= 0.6 is 11.3 Å². The van der Waals surface area contributed by atoms with Crippen LogP contribution in [0.15, 0.2) is 24.5 Å². The lowest BCUT2D eigenvalue weighted by atomic mass is 10.0. The van der Waals surface area contributed by atoms with Crippen molar-refractivity contribution in [3.8, 4) is 10.6 Å². The summed E-state index contributed by atoms with van der Waals surface area (Å²) in [4.78, 5) is 39.4. The average Bonchev–Trinajstić information content (AvgIpc) is 3.47. The Hall–Kier alpha value is -2.12. The molecule has 30 heavy (non-hydrogen) atoms. The van der Waals surface area contributed by atoms with Gasteiger partial charge in [0.2, 0.25) is 5.91 Å². The van der Waals surface area contributed by atoms with Gasteiger partial charge in [-0.2, -0.15) is 0 Å². The normalized spacial score (nSPS) is 17.7. The summed E-state index contributed by atoms with van der Waals surface area (Å²) in [7, 11) is 0. The number of rotatable bonds is 7. The first kappa shape index (κ1) is 21.1. The minimum Gasteiger partial charge on any atom is -0.342 e. The molecule has 1 amide bonds. The highest BCUT2D eigenvalue weighted by molar-refractivity contribution is 7.17. The first-order valence-corrected chi connectivity index (χ1v) is 11.7. The van der Waals surface area contributed by atoms with Crippen LogP contribution < -0.4 is 0 Å². The van der Waals surface area contributed by atoms with Crippen LogP contribution in [0, 0.1) is 5.92 Å². The van der Waals surface area contributed by atoms with Gasteiger partial charge in [0.15, 0.2) is 5.78 Å². The van der Waals surface area contributed by atoms with Crippen LogP contribution in [-0.2, 0) is 11.3 Å². The molecule has 1 aliphatic carbocycles. The van der Waals surface area contributed by atoms with Crippen LogP contribution in [0.1, 0.15) is 61.8 Å². The van der Waals surface area contributed by atoms with E-state index in [0.29, 0.717) is 12.1 Å². The van der Waals surface area contributed by atoms with Crippen molar-refractivity contribution in [1.82, 2.24) is 19.8 Å². The van der Waals surface area contributed by atoms with Crippen LogP contribution in [-0.4, -0.2) is 56.6 Å². The molecule has 1 aliphatic heterocycles. The van der Waals surface area contributed by atoms with Crippen LogP contribution in [0.2, 0.25) is 0 Å². The molecule has 0 radical (unpaired) electrons. The number of carbonyl (C=O) groups is 2. The van der Waals surface area contributed by atoms with E-state index in [4.69, 9.17) is 0 Å². The molecule has 0 spiro atoms. The molecule has 0 atom stereocenters. The largest absolute Gasteiger partial charge is 0.342 e. The molecule has 0 N–H and O–H groups in total. The molecule has 2 fully saturated rings. The fourth-order valence-electron chi connectivity index (χ4n) is 4.16. The number of Topliss-reactive ketones (excluding diaryl/α,β-unsaturated/α-hetero) is 1. The Bertz CT molecular complexity index is 896. The Labute approximate surface area is 182 Å². The highest BCUT2D eigenvalue weighted by Crippen LogP contribution is 2.33. The first-order chi connectivity index (χ1) is 14.4. The number of amides is 1. The second kappa shape index (κ2) is 8.94. The van der Waals surface area contributed by atoms with E-state index < -0.39 is 0 Å². The van der Waals surface area contributed by atoms with Crippen molar-refractivity contribution in [3.63, 3.8) is 0 Å². The highest BCUT2D eigenvalue weighted by atomic mass is 32.1. The summed E-state index contributed by atoms with van der Waals surface area (Å²) in [5, 5.41) is 0. The predicted octanol–water partition coefficient (Wildman–Crippen LogP) is 4.02. The molecule has 0 aromatic carbocycles. The second-order valence-corrected chi connectivity index (χ2v) is 9.81. The molecule has 1 saturated carbocycles. The van der Waals surface area contributed by atoms with Crippen molar-refractivity contribution in [1.29, 1.82) is 0 Å². The lowest BCUT2D eigenvalue weighted by Gasteiger charge is -2.39. The maximum absolute atomic E-state index is 12.3. The summed E-state index contributed by atoms with van der Waals surface area (Å²) in [6, 6.07) is 4.93. The number of nitrogens with zero attached hydrogens (tertiary/aromatic N) is 4. The van der Waals surface area contributed by atoms with Gasteiger partial charge in [0.05, 0.1) is 33.5 Å². The third-order valence-electron chi connectivity index (χ3n) is 6.01. The fraction of sp³-hybridized carbons (Fsp3) is 0.565.